The fourth-order valence-electron chi connectivity index (χ4n) is 2.22. The van der Waals surface area contributed by atoms with Crippen molar-refractivity contribution in [3.05, 3.63) is 57.0 Å². The first-order chi connectivity index (χ1) is 11.8. The number of rotatable bonds is 8. The van der Waals surface area contributed by atoms with Gasteiger partial charge in [0.2, 0.25) is 0 Å². The Kier molecular flexibility index (Phi) is 7.17. The standard InChI is InChI=1S/C20H25BrClNO2/c1-5-20(2,3)23-12-15-10-17(21)19(18(11-15)24-4)25-13-14-6-8-16(22)9-7-14/h6-11,23H,5,12-13H2,1-4H3. The molecule has 0 heterocycles. The average Bonchev–Trinajstić information content (AvgIpc) is 2.60. The van der Waals surface area contributed by atoms with E-state index in [2.05, 4.69) is 48.1 Å². The van der Waals surface area contributed by atoms with Crippen molar-refractivity contribution in [1.29, 1.82) is 0 Å². The second kappa shape index (κ2) is 8.93. The lowest BCUT2D eigenvalue weighted by Crippen LogP contribution is -2.37. The molecule has 0 aliphatic carbocycles. The van der Waals surface area contributed by atoms with Crippen LogP contribution in [0.3, 0.4) is 0 Å². The monoisotopic (exact) mass is 425 g/mol. The SMILES string of the molecule is CCC(C)(C)NCc1cc(Br)c(OCc2ccc(Cl)cc2)c(OC)c1. The van der Waals surface area contributed by atoms with Gasteiger partial charge >= 0.3 is 0 Å². The number of ether oxygens (including phenoxy) is 2. The summed E-state index contributed by atoms with van der Waals surface area (Å²) in [5.74, 6) is 1.42. The van der Waals surface area contributed by atoms with Gasteiger partial charge in [-0.1, -0.05) is 30.7 Å². The number of methoxy groups -OCH3 is 1. The third-order valence-electron chi connectivity index (χ3n) is 4.24. The van der Waals surface area contributed by atoms with Crippen molar-refractivity contribution < 1.29 is 9.47 Å². The maximum Gasteiger partial charge on any atom is 0.175 e. The molecule has 0 spiro atoms. The molecule has 0 aliphatic heterocycles. The van der Waals surface area contributed by atoms with Crippen molar-refractivity contribution in [3.63, 3.8) is 0 Å². The zero-order valence-corrected chi connectivity index (χ0v) is 17.5. The Balaban J connectivity index is 2.11. The van der Waals surface area contributed by atoms with E-state index in [1.54, 1.807) is 7.11 Å². The largest absolute Gasteiger partial charge is 0.493 e. The van der Waals surface area contributed by atoms with Crippen LogP contribution in [0.15, 0.2) is 40.9 Å². The smallest absolute Gasteiger partial charge is 0.175 e. The predicted molar refractivity (Wildman–Crippen MR) is 108 cm³/mol. The number of nitrogens with one attached hydrogen (secondary N) is 1. The summed E-state index contributed by atoms with van der Waals surface area (Å²) in [6.07, 6.45) is 1.06. The maximum atomic E-state index is 5.97. The molecule has 2 rings (SSSR count). The highest BCUT2D eigenvalue weighted by Gasteiger charge is 2.16. The highest BCUT2D eigenvalue weighted by Crippen LogP contribution is 2.37. The van der Waals surface area contributed by atoms with Crippen molar-refractivity contribution in [2.45, 2.75) is 45.9 Å². The normalized spacial score (nSPS) is 11.4. The van der Waals surface area contributed by atoms with Crippen LogP contribution in [0.4, 0.5) is 0 Å². The number of benzene rings is 2. The second-order valence-corrected chi connectivity index (χ2v) is 7.91. The van der Waals surface area contributed by atoms with Gasteiger partial charge in [0.1, 0.15) is 6.61 Å². The van der Waals surface area contributed by atoms with E-state index in [-0.39, 0.29) is 5.54 Å². The molecule has 0 unspecified atom stereocenters. The molecule has 136 valence electrons. The lowest BCUT2D eigenvalue weighted by Gasteiger charge is -2.25. The summed E-state index contributed by atoms with van der Waals surface area (Å²) < 4.78 is 12.4. The molecule has 0 bridgehead atoms. The number of halogens is 2. The molecule has 0 amide bonds. The molecule has 25 heavy (non-hydrogen) atoms. The molecule has 0 radical (unpaired) electrons. The zero-order valence-electron chi connectivity index (χ0n) is 15.2. The molecule has 2 aromatic carbocycles. The van der Waals surface area contributed by atoms with E-state index >= 15 is 0 Å². The van der Waals surface area contributed by atoms with Gasteiger partial charge in [0, 0.05) is 17.1 Å². The van der Waals surface area contributed by atoms with Gasteiger partial charge in [-0.15, -0.1) is 0 Å². The van der Waals surface area contributed by atoms with Gasteiger partial charge in [-0.3, -0.25) is 0 Å². The van der Waals surface area contributed by atoms with E-state index in [1.807, 2.05) is 30.3 Å². The molecule has 0 saturated carbocycles. The Morgan fingerprint density at radius 2 is 1.80 bits per heavy atom. The van der Waals surface area contributed by atoms with Crippen molar-refractivity contribution in [3.8, 4) is 11.5 Å². The average molecular weight is 427 g/mol. The molecule has 0 aromatic heterocycles. The summed E-state index contributed by atoms with van der Waals surface area (Å²) in [7, 11) is 1.66. The van der Waals surface area contributed by atoms with E-state index in [9.17, 15) is 0 Å². The fraction of sp³-hybridized carbons (Fsp3) is 0.400. The van der Waals surface area contributed by atoms with Gasteiger partial charge in [0.15, 0.2) is 11.5 Å². The number of hydrogen-bond acceptors (Lipinski definition) is 3. The first kappa shape index (κ1) is 20.1. The Morgan fingerprint density at radius 1 is 1.12 bits per heavy atom. The van der Waals surface area contributed by atoms with Gasteiger partial charge in [-0.25, -0.2) is 0 Å². The first-order valence-electron chi connectivity index (χ1n) is 8.33. The van der Waals surface area contributed by atoms with Crippen LogP contribution in [0.5, 0.6) is 11.5 Å². The summed E-state index contributed by atoms with van der Waals surface area (Å²) in [6, 6.07) is 11.7. The summed E-state index contributed by atoms with van der Waals surface area (Å²) in [4.78, 5) is 0. The van der Waals surface area contributed by atoms with Crippen LogP contribution >= 0.6 is 27.5 Å². The predicted octanol–water partition coefficient (Wildman–Crippen LogP) is 5.97. The van der Waals surface area contributed by atoms with Gasteiger partial charge in [0.25, 0.3) is 0 Å². The lowest BCUT2D eigenvalue weighted by molar-refractivity contribution is 0.282. The topological polar surface area (TPSA) is 30.5 Å². The third-order valence-corrected chi connectivity index (χ3v) is 5.08. The van der Waals surface area contributed by atoms with Crippen molar-refractivity contribution in [1.82, 2.24) is 5.32 Å². The molecule has 5 heteroatoms. The highest BCUT2D eigenvalue weighted by molar-refractivity contribution is 9.10. The Morgan fingerprint density at radius 3 is 2.40 bits per heavy atom. The zero-order chi connectivity index (χ0) is 18.4. The van der Waals surface area contributed by atoms with Gasteiger partial charge in [-0.05, 0) is 71.6 Å². The highest BCUT2D eigenvalue weighted by atomic mass is 79.9. The minimum Gasteiger partial charge on any atom is -0.493 e. The van der Waals surface area contributed by atoms with E-state index < -0.39 is 0 Å². The molecule has 0 aliphatic rings. The molecule has 0 atom stereocenters. The van der Waals surface area contributed by atoms with Gasteiger partial charge < -0.3 is 14.8 Å². The van der Waals surface area contributed by atoms with Crippen LogP contribution in [0.2, 0.25) is 5.02 Å². The van der Waals surface area contributed by atoms with Crippen molar-refractivity contribution in [2.75, 3.05) is 7.11 Å². The van der Waals surface area contributed by atoms with Crippen molar-refractivity contribution >= 4 is 27.5 Å². The molecular weight excluding hydrogens is 402 g/mol. The van der Waals surface area contributed by atoms with Gasteiger partial charge in [-0.2, -0.15) is 0 Å². The Labute approximate surface area is 163 Å². The number of hydrogen-bond donors (Lipinski definition) is 1. The summed E-state index contributed by atoms with van der Waals surface area (Å²) in [6.45, 7) is 7.79. The minimum atomic E-state index is 0.101. The van der Waals surface area contributed by atoms with Crippen LogP contribution in [0.1, 0.15) is 38.3 Å². The summed E-state index contributed by atoms with van der Waals surface area (Å²) >= 11 is 9.52. The van der Waals surface area contributed by atoms with Gasteiger partial charge in [0.05, 0.1) is 11.6 Å². The second-order valence-electron chi connectivity index (χ2n) is 6.62. The first-order valence-corrected chi connectivity index (χ1v) is 9.50. The van der Waals surface area contributed by atoms with E-state index in [4.69, 9.17) is 21.1 Å². The Bertz CT molecular complexity index is 702. The van der Waals surface area contributed by atoms with E-state index in [1.165, 1.54) is 0 Å². The van der Waals surface area contributed by atoms with Crippen LogP contribution in [0, 0.1) is 0 Å². The van der Waals surface area contributed by atoms with E-state index in [0.717, 1.165) is 39.3 Å². The molecule has 0 fully saturated rings. The minimum absolute atomic E-state index is 0.101. The maximum absolute atomic E-state index is 5.97. The van der Waals surface area contributed by atoms with Crippen LogP contribution in [0.25, 0.3) is 0 Å². The molecule has 1 N–H and O–H groups in total. The quantitative estimate of drug-likeness (QED) is 0.564. The van der Waals surface area contributed by atoms with Crippen LogP contribution < -0.4 is 14.8 Å². The van der Waals surface area contributed by atoms with Crippen LogP contribution in [-0.2, 0) is 13.2 Å². The molecule has 0 saturated heterocycles. The van der Waals surface area contributed by atoms with E-state index in [0.29, 0.717) is 12.4 Å². The molecule has 2 aromatic rings. The van der Waals surface area contributed by atoms with Crippen molar-refractivity contribution in [2.24, 2.45) is 0 Å². The lowest BCUT2D eigenvalue weighted by atomic mass is 10.0. The third kappa shape index (κ3) is 5.91. The Hall–Kier alpha value is -1.23. The fourth-order valence-corrected chi connectivity index (χ4v) is 2.95. The molecule has 3 nitrogen and oxygen atoms in total. The molecular formula is C20H25BrClNO2. The van der Waals surface area contributed by atoms with Crippen LogP contribution in [-0.4, -0.2) is 12.6 Å². The summed E-state index contributed by atoms with van der Waals surface area (Å²) in [5, 5.41) is 4.27. The summed E-state index contributed by atoms with van der Waals surface area (Å²) in [5.41, 5.74) is 2.29.